The quantitative estimate of drug-likeness (QED) is 0.0253. The maximum atomic E-state index is 14.9. The molecule has 0 unspecified atom stereocenters. The first kappa shape index (κ1) is 99.4. The van der Waals surface area contributed by atoms with E-state index in [2.05, 4.69) is 21.3 Å². The van der Waals surface area contributed by atoms with Crippen LogP contribution in [0.5, 0.6) is 0 Å². The molecule has 0 saturated carbocycles. The van der Waals surface area contributed by atoms with Crippen molar-refractivity contribution in [1.29, 1.82) is 0 Å². The maximum absolute atomic E-state index is 14.9. The molecule has 47 nitrogen and oxygen atoms in total. The number of aldehydes is 1. The molecule has 4 aliphatic heterocycles. The Hall–Kier alpha value is -8.92. The van der Waals surface area contributed by atoms with Crippen molar-refractivity contribution < 1.29 is 133 Å². The third-order valence-electron chi connectivity index (χ3n) is 20.1. The molecule has 4 aliphatic rings. The summed E-state index contributed by atoms with van der Waals surface area (Å²) in [6.07, 6.45) is 0.678. The highest BCUT2D eigenvalue weighted by Gasteiger charge is 2.36. The van der Waals surface area contributed by atoms with E-state index in [0.717, 1.165) is 0 Å². The Morgan fingerprint density at radius 2 is 0.293 bits per heavy atom. The van der Waals surface area contributed by atoms with Crippen molar-refractivity contribution in [3.8, 4) is 0 Å². The molecular weight excluding hydrogens is 1540 g/mol. The zero-order valence-corrected chi connectivity index (χ0v) is 66.0. The van der Waals surface area contributed by atoms with Crippen LogP contribution in [0.1, 0.15) is 0 Å². The number of carbonyl (C=O) groups is 16. The molecule has 47 heteroatoms. The fourth-order valence-electron chi connectivity index (χ4n) is 13.6. The van der Waals surface area contributed by atoms with Crippen LogP contribution >= 0.6 is 0 Å². The average Bonchev–Trinajstić information content (AvgIpc) is 0.843. The van der Waals surface area contributed by atoms with Gasteiger partial charge >= 0.3 is 65.7 Å². The van der Waals surface area contributed by atoms with Crippen LogP contribution in [0.15, 0.2) is 0 Å². The van der Waals surface area contributed by atoms with Crippen LogP contribution in [0.4, 0.5) is 0 Å². The lowest BCUT2D eigenvalue weighted by atomic mass is 9.86. The van der Waals surface area contributed by atoms with Crippen LogP contribution in [0, 0.1) is 5.41 Å². The summed E-state index contributed by atoms with van der Waals surface area (Å²) >= 11 is 0. The molecule has 0 radical (unpaired) electrons. The molecule has 0 aromatic heterocycles. The number of carboxylic acids is 11. The van der Waals surface area contributed by atoms with Gasteiger partial charge in [-0.2, -0.15) is 0 Å². The minimum atomic E-state index is -1.72. The first-order valence-electron chi connectivity index (χ1n) is 38.5. The summed E-state index contributed by atoms with van der Waals surface area (Å²) in [5.41, 5.74) is -1.72. The summed E-state index contributed by atoms with van der Waals surface area (Å²) in [5.74, 6) is -15.9. The lowest BCUT2D eigenvalue weighted by Gasteiger charge is -2.37. The van der Waals surface area contributed by atoms with Crippen LogP contribution in [0.25, 0.3) is 0 Å². The molecule has 0 aromatic rings. The molecule has 15 N–H and O–H groups in total. The van der Waals surface area contributed by atoms with Gasteiger partial charge in [-0.05, 0) is 0 Å². The van der Waals surface area contributed by atoms with Crippen LogP contribution < -0.4 is 21.3 Å². The standard InChI is InChI=1S/C69H120N20O27/c90-34-33-74-1-3-79(39-58(95)96)13-5-75(6-14-80(4-2-74)40-59(97)98)35-54(91)70-50-69(51-71-55(92)36-76-7-15-81(41-60(99)100)21-27-87(47-66(111)112)28-22-82(16-8-76)42-61(101)102,52-72-56(93)37-77-9-17-83(43-62(103)104)23-29-88(48-67(113)114)30-24-84(18-10-77)44-63(105)106)53-73-57(94)38-78-11-19-85(45-64(107)108)25-31-89(49-68(115)116)32-26-86(20-12-78)46-65(109)110/h34H,1-33,35-53H2,(H,70,91)(H,71,92)(H,72,93)(H,73,94)(H,95,96)(H,97,98)(H,99,100)(H,101,102)(H,103,104)(H,105,106)(H,107,108)(H,109,110)(H,111,112)(H,113,114)(H,115,116). The normalized spacial score (nSPS) is 19.7. The van der Waals surface area contributed by atoms with Crippen molar-refractivity contribution in [1.82, 2.24) is 99.7 Å². The van der Waals surface area contributed by atoms with Crippen molar-refractivity contribution in [3.05, 3.63) is 0 Å². The minimum absolute atomic E-state index is 0.00525. The second kappa shape index (κ2) is 54.1. The number of aliphatic carboxylic acids is 11. The van der Waals surface area contributed by atoms with Crippen LogP contribution in [-0.2, 0) is 76.7 Å². The number of nitrogens with zero attached hydrogens (tertiary/aromatic N) is 16. The number of hydrogen-bond donors (Lipinski definition) is 15. The largest absolute Gasteiger partial charge is 0.480 e. The molecular formula is C69H120N20O27. The van der Waals surface area contributed by atoms with Gasteiger partial charge in [0, 0.05) is 241 Å². The molecule has 4 saturated heterocycles. The van der Waals surface area contributed by atoms with Gasteiger partial charge in [0.15, 0.2) is 0 Å². The van der Waals surface area contributed by atoms with Crippen molar-refractivity contribution in [2.24, 2.45) is 5.41 Å². The summed E-state index contributed by atoms with van der Waals surface area (Å²) in [6.45, 7) is -7.18. The predicted molar refractivity (Wildman–Crippen MR) is 408 cm³/mol. The van der Waals surface area contributed by atoms with E-state index in [0.29, 0.717) is 6.29 Å². The number of rotatable bonds is 40. The lowest BCUT2D eigenvalue weighted by Crippen LogP contribution is -2.59. The van der Waals surface area contributed by atoms with Crippen molar-refractivity contribution in [3.63, 3.8) is 0 Å². The summed E-state index contributed by atoms with van der Waals surface area (Å²) in [6, 6.07) is 0. The van der Waals surface area contributed by atoms with E-state index in [1.54, 1.807) is 78.4 Å². The number of nitrogens with one attached hydrogen (secondary N) is 4. The monoisotopic (exact) mass is 1660 g/mol. The average molecular weight is 1660 g/mol. The lowest BCUT2D eigenvalue weighted by molar-refractivity contribution is -0.140. The zero-order chi connectivity index (χ0) is 85.7. The van der Waals surface area contributed by atoms with Gasteiger partial charge in [0.1, 0.15) is 6.29 Å². The van der Waals surface area contributed by atoms with Gasteiger partial charge in [-0.1, -0.05) is 0 Å². The van der Waals surface area contributed by atoms with Crippen LogP contribution in [0.3, 0.4) is 0 Å². The third-order valence-corrected chi connectivity index (χ3v) is 20.1. The Morgan fingerprint density at radius 3 is 0.397 bits per heavy atom. The third kappa shape index (κ3) is 45.6. The number of carbonyl (C=O) groups excluding carboxylic acids is 5. The van der Waals surface area contributed by atoms with Gasteiger partial charge in [-0.25, -0.2) is 0 Å². The van der Waals surface area contributed by atoms with E-state index < -0.39 is 219 Å². The summed E-state index contributed by atoms with van der Waals surface area (Å²) < 4.78 is 0. The number of amides is 4. The Bertz CT molecular complexity index is 2830. The molecule has 4 amide bonds. The van der Waals surface area contributed by atoms with E-state index in [1.807, 2.05) is 0 Å². The topological polar surface area (TPSA) is 596 Å². The van der Waals surface area contributed by atoms with Crippen molar-refractivity contribution >= 4 is 95.6 Å². The second-order valence-corrected chi connectivity index (χ2v) is 29.5. The molecule has 658 valence electrons. The van der Waals surface area contributed by atoms with E-state index in [1.165, 1.54) is 0 Å². The van der Waals surface area contributed by atoms with Crippen molar-refractivity contribution in [2.45, 2.75) is 0 Å². The highest BCUT2D eigenvalue weighted by molar-refractivity contribution is 5.81. The fourth-order valence-corrected chi connectivity index (χ4v) is 13.6. The smallest absolute Gasteiger partial charge is 0.317 e. The Kier molecular flexibility index (Phi) is 46.4. The van der Waals surface area contributed by atoms with E-state index in [9.17, 15) is 133 Å². The summed E-state index contributed by atoms with van der Waals surface area (Å²) in [5, 5.41) is 120. The van der Waals surface area contributed by atoms with Crippen molar-refractivity contribution in [2.75, 3.05) is 340 Å². The Balaban J connectivity index is 1.89. The first-order chi connectivity index (χ1) is 55.0. The van der Waals surface area contributed by atoms with Gasteiger partial charge in [-0.3, -0.25) is 150 Å². The number of hydrogen-bond acceptors (Lipinski definition) is 32. The van der Waals surface area contributed by atoms with E-state index in [-0.39, 0.29) is 216 Å². The minimum Gasteiger partial charge on any atom is -0.480 e. The Labute approximate surface area is 671 Å². The number of carboxylic acid groups (broad SMARTS) is 11. The molecule has 0 aromatic carbocycles. The molecule has 4 rings (SSSR count). The molecule has 0 atom stereocenters. The highest BCUT2D eigenvalue weighted by atomic mass is 16.4. The maximum Gasteiger partial charge on any atom is 0.317 e. The molecule has 116 heavy (non-hydrogen) atoms. The fraction of sp³-hybridized carbons (Fsp3) is 0.768. The van der Waals surface area contributed by atoms with Crippen LogP contribution in [0.2, 0.25) is 0 Å². The zero-order valence-electron chi connectivity index (χ0n) is 66.0. The second-order valence-electron chi connectivity index (χ2n) is 29.5. The van der Waals surface area contributed by atoms with Gasteiger partial charge in [-0.15, -0.1) is 0 Å². The summed E-state index contributed by atoms with van der Waals surface area (Å²) in [4.78, 5) is 230. The molecule has 0 bridgehead atoms. The Morgan fingerprint density at radius 1 is 0.190 bits per heavy atom. The van der Waals surface area contributed by atoms with E-state index >= 15 is 0 Å². The van der Waals surface area contributed by atoms with Crippen LogP contribution in [-0.4, -0.2) is 570 Å². The summed E-state index contributed by atoms with van der Waals surface area (Å²) in [7, 11) is 0. The SMILES string of the molecule is O=CCN1CCN(CC(=O)O)CCN(CC(=O)NCC(CNC(=O)CN2CCN(CC(=O)O)CCN(CC(=O)O)CCN(CC(=O)O)CC2)(CNC(=O)CN2CCN(CC(=O)O)CCN(CC(=O)O)CCN(CC(=O)O)CC2)CNC(=O)CN2CCN(CC(=O)O)CCN(CC(=O)O)CCN(CC(=O)O)CC2)CCN(CC(=O)O)CC1. The van der Waals surface area contributed by atoms with Gasteiger partial charge < -0.3 is 82.2 Å². The highest BCUT2D eigenvalue weighted by Crippen LogP contribution is 2.16. The molecule has 0 aliphatic carbocycles. The molecule has 4 heterocycles. The van der Waals surface area contributed by atoms with Gasteiger partial charge in [0.25, 0.3) is 0 Å². The first-order valence-corrected chi connectivity index (χ1v) is 38.5. The predicted octanol–water partition coefficient (Wildman–Crippen LogP) is -11.5. The molecule has 4 fully saturated rings. The van der Waals surface area contributed by atoms with E-state index in [4.69, 9.17) is 0 Å². The van der Waals surface area contributed by atoms with Gasteiger partial charge in [0.2, 0.25) is 23.6 Å². The van der Waals surface area contributed by atoms with Gasteiger partial charge in [0.05, 0.1) is 105 Å². The molecule has 0 spiro atoms.